The van der Waals surface area contributed by atoms with Crippen molar-refractivity contribution in [2.75, 3.05) is 51.3 Å². The first-order valence-electron chi connectivity index (χ1n) is 11.0. The van der Waals surface area contributed by atoms with Crippen molar-refractivity contribution in [1.29, 1.82) is 0 Å². The number of nitrogens with one attached hydrogen (secondary N) is 1. The van der Waals surface area contributed by atoms with Crippen molar-refractivity contribution in [2.45, 2.75) is 18.5 Å². The topological polar surface area (TPSA) is 65.0 Å². The highest BCUT2D eigenvalue weighted by Gasteiger charge is 2.45. The molecule has 3 atom stereocenters. The number of anilines is 1. The van der Waals surface area contributed by atoms with Crippen LogP contribution in [0.3, 0.4) is 0 Å². The first-order chi connectivity index (χ1) is 15.1. The Morgan fingerprint density at radius 3 is 2.58 bits per heavy atom. The third-order valence-electron chi connectivity index (χ3n) is 6.83. The van der Waals surface area contributed by atoms with Gasteiger partial charge in [-0.25, -0.2) is 4.39 Å². The Kier molecular flexibility index (Phi) is 5.65. The van der Waals surface area contributed by atoms with Crippen molar-refractivity contribution in [3.05, 3.63) is 53.8 Å². The Bertz CT molecular complexity index is 946. The molecule has 2 aromatic carbocycles. The minimum Gasteiger partial charge on any atom is -0.394 e. The number of rotatable bonds is 4. The molecular formula is C24H28FN3O3. The van der Waals surface area contributed by atoms with Crippen LogP contribution in [0.15, 0.2) is 42.5 Å². The van der Waals surface area contributed by atoms with Crippen LogP contribution >= 0.6 is 0 Å². The van der Waals surface area contributed by atoms with E-state index in [0.29, 0.717) is 26.3 Å². The Morgan fingerprint density at radius 1 is 1.10 bits per heavy atom. The highest BCUT2D eigenvalue weighted by molar-refractivity contribution is 5.80. The fourth-order valence-corrected chi connectivity index (χ4v) is 5.21. The number of fused-ring (bicyclic) bond motifs is 3. The molecule has 6 nitrogen and oxygen atoms in total. The van der Waals surface area contributed by atoms with Crippen molar-refractivity contribution < 1.29 is 19.0 Å². The molecule has 2 N–H and O–H groups in total. The van der Waals surface area contributed by atoms with Gasteiger partial charge in [-0.2, -0.15) is 0 Å². The number of ether oxygens (including phenoxy) is 1. The van der Waals surface area contributed by atoms with Crippen LogP contribution in [0, 0.1) is 11.7 Å². The largest absolute Gasteiger partial charge is 0.394 e. The number of carbonyl (C=O) groups excluding carboxylic acids is 1. The maximum atomic E-state index is 13.4. The van der Waals surface area contributed by atoms with E-state index in [1.807, 2.05) is 17.0 Å². The summed E-state index contributed by atoms with van der Waals surface area (Å²) in [6.45, 7) is 4.01. The highest BCUT2D eigenvalue weighted by Crippen LogP contribution is 2.47. The number of aliphatic hydroxyl groups is 1. The number of benzene rings is 2. The lowest BCUT2D eigenvalue weighted by atomic mass is 9.82. The zero-order valence-corrected chi connectivity index (χ0v) is 17.5. The van der Waals surface area contributed by atoms with Crippen LogP contribution in [0.25, 0.3) is 11.1 Å². The smallest absolute Gasteiger partial charge is 0.237 e. The minimum absolute atomic E-state index is 0.0335. The maximum Gasteiger partial charge on any atom is 0.237 e. The first-order valence-corrected chi connectivity index (χ1v) is 11.0. The molecule has 164 valence electrons. The fourth-order valence-electron chi connectivity index (χ4n) is 5.21. The summed E-state index contributed by atoms with van der Waals surface area (Å²) in [4.78, 5) is 17.4. The van der Waals surface area contributed by atoms with Crippen molar-refractivity contribution >= 4 is 11.6 Å². The van der Waals surface area contributed by atoms with Crippen molar-refractivity contribution in [3.63, 3.8) is 0 Å². The van der Waals surface area contributed by atoms with E-state index in [4.69, 9.17) is 4.74 Å². The number of halogens is 1. The molecule has 0 unspecified atom stereocenters. The van der Waals surface area contributed by atoms with Gasteiger partial charge in [0.2, 0.25) is 5.91 Å². The number of morpholine rings is 1. The lowest BCUT2D eigenvalue weighted by molar-refractivity contribution is -0.134. The second kappa shape index (κ2) is 8.57. The average Bonchev–Trinajstić information content (AvgIpc) is 3.25. The number of nitrogens with zero attached hydrogens (tertiary/aromatic N) is 2. The van der Waals surface area contributed by atoms with E-state index < -0.39 is 0 Å². The summed E-state index contributed by atoms with van der Waals surface area (Å²) in [7, 11) is 0. The van der Waals surface area contributed by atoms with E-state index in [1.165, 1.54) is 12.1 Å². The Morgan fingerprint density at radius 2 is 1.84 bits per heavy atom. The van der Waals surface area contributed by atoms with E-state index in [9.17, 15) is 14.3 Å². The van der Waals surface area contributed by atoms with Crippen LogP contribution in [0.4, 0.5) is 10.1 Å². The summed E-state index contributed by atoms with van der Waals surface area (Å²) in [5.41, 5.74) is 3.96. The first kappa shape index (κ1) is 20.4. The van der Waals surface area contributed by atoms with Crippen LogP contribution in [0.5, 0.6) is 0 Å². The SMILES string of the molecule is O=C(CN1CCOCC1)N1CC[C@H]2[C@H](CO)Nc3ccc(-c4ccc(F)cc4)cc3[C@H]21. The molecular weight excluding hydrogens is 397 g/mol. The molecule has 2 fully saturated rings. The van der Waals surface area contributed by atoms with Crippen LogP contribution in [0.1, 0.15) is 18.0 Å². The van der Waals surface area contributed by atoms with Gasteiger partial charge >= 0.3 is 0 Å². The second-order valence-corrected chi connectivity index (χ2v) is 8.62. The summed E-state index contributed by atoms with van der Waals surface area (Å²) in [6.07, 6.45) is 0.859. The van der Waals surface area contributed by atoms with Gasteiger partial charge in [0.05, 0.1) is 38.4 Å². The lowest BCUT2D eigenvalue weighted by Gasteiger charge is -2.40. The van der Waals surface area contributed by atoms with Crippen molar-refractivity contribution in [2.24, 2.45) is 5.92 Å². The predicted molar refractivity (Wildman–Crippen MR) is 116 cm³/mol. The van der Waals surface area contributed by atoms with Crippen LogP contribution in [-0.2, 0) is 9.53 Å². The minimum atomic E-state index is -0.259. The molecule has 3 aliphatic rings. The molecule has 5 rings (SSSR count). The molecule has 0 bridgehead atoms. The van der Waals surface area contributed by atoms with E-state index in [2.05, 4.69) is 16.3 Å². The summed E-state index contributed by atoms with van der Waals surface area (Å²) in [5, 5.41) is 13.5. The summed E-state index contributed by atoms with van der Waals surface area (Å²) < 4.78 is 18.8. The zero-order chi connectivity index (χ0) is 21.4. The van der Waals surface area contributed by atoms with Gasteiger partial charge in [-0.1, -0.05) is 18.2 Å². The van der Waals surface area contributed by atoms with Gasteiger partial charge in [-0.3, -0.25) is 9.69 Å². The van der Waals surface area contributed by atoms with Gasteiger partial charge in [0.1, 0.15) is 5.82 Å². The Balaban J connectivity index is 1.46. The van der Waals surface area contributed by atoms with Crippen LogP contribution in [-0.4, -0.2) is 72.9 Å². The standard InChI is InChI=1S/C24H28FN3O3/c25-18-4-1-16(2-5-18)17-3-6-21-20(13-17)24-19(22(15-29)26-21)7-8-28(24)23(30)14-27-9-11-31-12-10-27/h1-6,13,19,22,24,26,29H,7-12,14-15H2/t19-,22-,24-/m0/s1. The molecule has 3 heterocycles. The quantitative estimate of drug-likeness (QED) is 0.788. The van der Waals surface area contributed by atoms with E-state index in [0.717, 1.165) is 41.9 Å². The molecule has 0 saturated carbocycles. The molecule has 3 aliphatic heterocycles. The third kappa shape index (κ3) is 3.93. The maximum absolute atomic E-state index is 13.4. The van der Waals surface area contributed by atoms with Gasteiger partial charge in [-0.05, 0) is 47.4 Å². The zero-order valence-electron chi connectivity index (χ0n) is 17.5. The predicted octanol–water partition coefficient (Wildman–Crippen LogP) is 2.50. The Hall–Kier alpha value is -2.48. The molecule has 0 aliphatic carbocycles. The van der Waals surface area contributed by atoms with Crippen LogP contribution < -0.4 is 5.32 Å². The summed E-state index contributed by atoms with van der Waals surface area (Å²) in [5.74, 6) is 0.0330. The van der Waals surface area contributed by atoms with E-state index >= 15 is 0 Å². The third-order valence-corrected chi connectivity index (χ3v) is 6.83. The van der Waals surface area contributed by atoms with Gasteiger partial charge in [-0.15, -0.1) is 0 Å². The molecule has 0 aromatic heterocycles. The number of aliphatic hydroxyl groups excluding tert-OH is 1. The average molecular weight is 426 g/mol. The number of amides is 1. The molecule has 0 radical (unpaired) electrons. The molecule has 0 spiro atoms. The molecule has 1 amide bonds. The fraction of sp³-hybridized carbons (Fsp3) is 0.458. The number of hydrogen-bond donors (Lipinski definition) is 2. The summed E-state index contributed by atoms with van der Waals surface area (Å²) >= 11 is 0. The highest BCUT2D eigenvalue weighted by atomic mass is 19.1. The molecule has 2 saturated heterocycles. The van der Waals surface area contributed by atoms with Gasteiger partial charge in [0.15, 0.2) is 0 Å². The van der Waals surface area contributed by atoms with E-state index in [1.54, 1.807) is 12.1 Å². The van der Waals surface area contributed by atoms with Crippen molar-refractivity contribution in [1.82, 2.24) is 9.80 Å². The number of likely N-dealkylation sites (tertiary alicyclic amines) is 1. The molecule has 2 aromatic rings. The second-order valence-electron chi connectivity index (χ2n) is 8.62. The number of carbonyl (C=O) groups is 1. The summed E-state index contributed by atoms with van der Waals surface area (Å²) in [6, 6.07) is 12.5. The van der Waals surface area contributed by atoms with Gasteiger partial charge in [0.25, 0.3) is 0 Å². The lowest BCUT2D eigenvalue weighted by Crippen LogP contribution is -2.47. The van der Waals surface area contributed by atoms with E-state index in [-0.39, 0.29) is 36.3 Å². The van der Waals surface area contributed by atoms with Gasteiger partial charge < -0.3 is 20.1 Å². The Labute approximate surface area is 181 Å². The molecule has 7 heteroatoms. The van der Waals surface area contributed by atoms with Crippen LogP contribution in [0.2, 0.25) is 0 Å². The van der Waals surface area contributed by atoms with Gasteiger partial charge in [0, 0.05) is 31.2 Å². The van der Waals surface area contributed by atoms with Crippen molar-refractivity contribution in [3.8, 4) is 11.1 Å². The molecule has 31 heavy (non-hydrogen) atoms. The normalized spacial score (nSPS) is 25.6. The monoisotopic (exact) mass is 425 g/mol. The number of hydrogen-bond acceptors (Lipinski definition) is 5.